The molecule has 7 heteroatoms. The van der Waals surface area contributed by atoms with E-state index < -0.39 is 17.5 Å². The molecule has 1 aromatic heterocycles. The lowest BCUT2D eigenvalue weighted by Gasteiger charge is -2.07. The van der Waals surface area contributed by atoms with Gasteiger partial charge in [0.05, 0.1) is 12.1 Å². The predicted octanol–water partition coefficient (Wildman–Crippen LogP) is 5.16. The Labute approximate surface area is 165 Å². The lowest BCUT2D eigenvalue weighted by atomic mass is 10.0. The van der Waals surface area contributed by atoms with Gasteiger partial charge in [0.2, 0.25) is 0 Å². The summed E-state index contributed by atoms with van der Waals surface area (Å²) in [5.41, 5.74) is 2.68. The molecule has 0 aliphatic heterocycles. The standard InChI is InChI=1S/C22H17F2N3O2/c1-2-29-16-5-3-4-13(10-16)14-6-8-17-20(12-14)26-27-21(17)25-22(28)15-7-9-18(23)19(24)11-15/h3-12H,2H2,1H3,(H2,25,26,27,28). The third-order valence-electron chi connectivity index (χ3n) is 4.45. The summed E-state index contributed by atoms with van der Waals surface area (Å²) in [5, 5.41) is 10.3. The molecule has 146 valence electrons. The van der Waals surface area contributed by atoms with Crippen molar-refractivity contribution in [2.24, 2.45) is 0 Å². The molecular formula is C22H17F2N3O2. The van der Waals surface area contributed by atoms with Crippen molar-refractivity contribution in [3.8, 4) is 16.9 Å². The van der Waals surface area contributed by atoms with Gasteiger partial charge in [0, 0.05) is 10.9 Å². The number of carbonyl (C=O) groups excluding carboxylic acids is 1. The normalized spacial score (nSPS) is 10.9. The molecule has 1 amide bonds. The molecule has 0 saturated heterocycles. The van der Waals surface area contributed by atoms with Crippen molar-refractivity contribution in [2.45, 2.75) is 6.92 Å². The van der Waals surface area contributed by atoms with Crippen molar-refractivity contribution < 1.29 is 18.3 Å². The first kappa shape index (κ1) is 18.6. The summed E-state index contributed by atoms with van der Waals surface area (Å²) < 4.78 is 32.0. The molecule has 0 aliphatic carbocycles. The van der Waals surface area contributed by atoms with Crippen LogP contribution in [-0.4, -0.2) is 22.7 Å². The first-order valence-corrected chi connectivity index (χ1v) is 9.03. The molecule has 3 aromatic carbocycles. The average Bonchev–Trinajstić information content (AvgIpc) is 3.12. The molecule has 1 heterocycles. The monoisotopic (exact) mass is 393 g/mol. The Morgan fingerprint density at radius 3 is 2.66 bits per heavy atom. The van der Waals surface area contributed by atoms with Crippen LogP contribution in [0.15, 0.2) is 60.7 Å². The van der Waals surface area contributed by atoms with Gasteiger partial charge in [-0.2, -0.15) is 5.10 Å². The van der Waals surface area contributed by atoms with E-state index >= 15 is 0 Å². The van der Waals surface area contributed by atoms with Gasteiger partial charge >= 0.3 is 0 Å². The number of halogens is 2. The van der Waals surface area contributed by atoms with Gasteiger partial charge in [0.25, 0.3) is 5.91 Å². The van der Waals surface area contributed by atoms with E-state index in [1.165, 1.54) is 6.07 Å². The van der Waals surface area contributed by atoms with Gasteiger partial charge in [0.1, 0.15) is 5.75 Å². The second-order valence-corrected chi connectivity index (χ2v) is 6.38. The highest BCUT2D eigenvalue weighted by molar-refractivity contribution is 6.08. The highest BCUT2D eigenvalue weighted by Gasteiger charge is 2.14. The van der Waals surface area contributed by atoms with E-state index in [4.69, 9.17) is 4.74 Å². The molecule has 4 aromatic rings. The second kappa shape index (κ2) is 7.71. The van der Waals surface area contributed by atoms with Gasteiger partial charge in [-0.1, -0.05) is 18.2 Å². The fraction of sp³-hybridized carbons (Fsp3) is 0.0909. The number of aromatic nitrogens is 2. The van der Waals surface area contributed by atoms with Crippen LogP contribution in [0.5, 0.6) is 5.75 Å². The molecule has 0 radical (unpaired) electrons. The van der Waals surface area contributed by atoms with Crippen LogP contribution in [0.3, 0.4) is 0 Å². The Morgan fingerprint density at radius 2 is 1.86 bits per heavy atom. The van der Waals surface area contributed by atoms with Gasteiger partial charge < -0.3 is 10.1 Å². The lowest BCUT2D eigenvalue weighted by Crippen LogP contribution is -2.13. The number of aromatic amines is 1. The summed E-state index contributed by atoms with van der Waals surface area (Å²) >= 11 is 0. The number of benzene rings is 3. The SMILES string of the molecule is CCOc1cccc(-c2ccc3c(NC(=O)c4ccc(F)c(F)c4)n[nH]c3c2)c1. The van der Waals surface area contributed by atoms with Crippen molar-refractivity contribution in [2.75, 3.05) is 11.9 Å². The fourth-order valence-electron chi connectivity index (χ4n) is 3.04. The number of H-pyrrole nitrogens is 1. The summed E-state index contributed by atoms with van der Waals surface area (Å²) in [6.45, 7) is 2.52. The number of amides is 1. The van der Waals surface area contributed by atoms with Crippen LogP contribution in [0.2, 0.25) is 0 Å². The number of fused-ring (bicyclic) bond motifs is 1. The van der Waals surface area contributed by atoms with Gasteiger partial charge in [-0.05, 0) is 60.5 Å². The largest absolute Gasteiger partial charge is 0.494 e. The van der Waals surface area contributed by atoms with Crippen LogP contribution in [0, 0.1) is 11.6 Å². The molecule has 0 fully saturated rings. The maximum atomic E-state index is 13.4. The zero-order valence-electron chi connectivity index (χ0n) is 15.5. The van der Waals surface area contributed by atoms with Crippen molar-refractivity contribution in [3.63, 3.8) is 0 Å². The first-order chi connectivity index (χ1) is 14.0. The minimum atomic E-state index is -1.08. The number of anilines is 1. The third kappa shape index (κ3) is 3.80. The number of hydrogen-bond donors (Lipinski definition) is 2. The van der Waals surface area contributed by atoms with Crippen LogP contribution in [0.1, 0.15) is 17.3 Å². The highest BCUT2D eigenvalue weighted by Crippen LogP contribution is 2.29. The molecule has 4 rings (SSSR count). The van der Waals surface area contributed by atoms with Crippen LogP contribution >= 0.6 is 0 Å². The van der Waals surface area contributed by atoms with Crippen molar-refractivity contribution >= 4 is 22.6 Å². The van der Waals surface area contributed by atoms with Crippen LogP contribution in [0.25, 0.3) is 22.0 Å². The predicted molar refractivity (Wildman–Crippen MR) is 107 cm³/mol. The smallest absolute Gasteiger partial charge is 0.256 e. The van der Waals surface area contributed by atoms with Gasteiger partial charge in [-0.3, -0.25) is 9.89 Å². The van der Waals surface area contributed by atoms with E-state index in [-0.39, 0.29) is 5.56 Å². The Kier molecular flexibility index (Phi) is 4.95. The molecular weight excluding hydrogens is 376 g/mol. The fourth-order valence-corrected chi connectivity index (χ4v) is 3.04. The van der Waals surface area contributed by atoms with Crippen LogP contribution < -0.4 is 10.1 Å². The molecule has 5 nitrogen and oxygen atoms in total. The van der Waals surface area contributed by atoms with E-state index in [9.17, 15) is 13.6 Å². The minimum Gasteiger partial charge on any atom is -0.494 e. The van der Waals surface area contributed by atoms with Crippen molar-refractivity contribution in [3.05, 3.63) is 77.9 Å². The van der Waals surface area contributed by atoms with E-state index in [1.807, 2.05) is 49.4 Å². The van der Waals surface area contributed by atoms with Gasteiger partial charge in [0.15, 0.2) is 17.5 Å². The van der Waals surface area contributed by atoms with E-state index in [2.05, 4.69) is 15.5 Å². The Morgan fingerprint density at radius 1 is 1.03 bits per heavy atom. The van der Waals surface area contributed by atoms with E-state index in [0.29, 0.717) is 17.8 Å². The first-order valence-electron chi connectivity index (χ1n) is 9.03. The topological polar surface area (TPSA) is 67.0 Å². The Bertz CT molecular complexity index is 1200. The molecule has 0 spiro atoms. The molecule has 0 aliphatic rings. The second-order valence-electron chi connectivity index (χ2n) is 6.38. The number of hydrogen-bond acceptors (Lipinski definition) is 3. The van der Waals surface area contributed by atoms with Crippen LogP contribution in [0.4, 0.5) is 14.6 Å². The zero-order chi connectivity index (χ0) is 20.4. The number of rotatable bonds is 5. The maximum absolute atomic E-state index is 13.4. The number of nitrogens with zero attached hydrogens (tertiary/aromatic N) is 1. The van der Waals surface area contributed by atoms with Gasteiger partial charge in [-0.25, -0.2) is 8.78 Å². The van der Waals surface area contributed by atoms with E-state index in [1.54, 1.807) is 0 Å². The number of nitrogens with one attached hydrogen (secondary N) is 2. The number of carbonyl (C=O) groups is 1. The Hall–Kier alpha value is -3.74. The van der Waals surface area contributed by atoms with Crippen LogP contribution in [-0.2, 0) is 0 Å². The summed E-state index contributed by atoms with van der Waals surface area (Å²) in [5.74, 6) is -1.57. The quantitative estimate of drug-likeness (QED) is 0.492. The van der Waals surface area contributed by atoms with Crippen molar-refractivity contribution in [1.82, 2.24) is 10.2 Å². The summed E-state index contributed by atoms with van der Waals surface area (Å²) in [6.07, 6.45) is 0. The molecule has 0 unspecified atom stereocenters. The maximum Gasteiger partial charge on any atom is 0.256 e. The molecule has 29 heavy (non-hydrogen) atoms. The average molecular weight is 393 g/mol. The molecule has 0 saturated carbocycles. The Balaban J connectivity index is 1.60. The lowest BCUT2D eigenvalue weighted by molar-refractivity contribution is 0.102. The van der Waals surface area contributed by atoms with Gasteiger partial charge in [-0.15, -0.1) is 0 Å². The summed E-state index contributed by atoms with van der Waals surface area (Å²) in [7, 11) is 0. The molecule has 2 N–H and O–H groups in total. The van der Waals surface area contributed by atoms with Crippen molar-refractivity contribution in [1.29, 1.82) is 0 Å². The summed E-state index contributed by atoms with van der Waals surface area (Å²) in [4.78, 5) is 12.3. The minimum absolute atomic E-state index is 0.00408. The molecule has 0 bridgehead atoms. The zero-order valence-corrected chi connectivity index (χ0v) is 15.5. The van der Waals surface area contributed by atoms with E-state index in [0.717, 1.165) is 34.5 Å². The third-order valence-corrected chi connectivity index (χ3v) is 4.45. The highest BCUT2D eigenvalue weighted by atomic mass is 19.2. The summed E-state index contributed by atoms with van der Waals surface area (Å²) in [6, 6.07) is 16.4. The number of ether oxygens (including phenoxy) is 1. The molecule has 0 atom stereocenters.